The Balaban J connectivity index is 2.04. The first-order valence-electron chi connectivity index (χ1n) is 7.56. The fourth-order valence-electron chi connectivity index (χ4n) is 2.36. The molecule has 6 nitrogen and oxygen atoms in total. The van der Waals surface area contributed by atoms with E-state index in [0.29, 0.717) is 22.2 Å². The lowest BCUT2D eigenvalue weighted by molar-refractivity contribution is -0.0521. The van der Waals surface area contributed by atoms with Crippen LogP contribution in [0.5, 0.6) is 5.75 Å². The van der Waals surface area contributed by atoms with Crippen molar-refractivity contribution in [3.63, 3.8) is 0 Å². The van der Waals surface area contributed by atoms with Gasteiger partial charge in [0.05, 0.1) is 11.7 Å². The highest BCUT2D eigenvalue weighted by Gasteiger charge is 2.15. The van der Waals surface area contributed by atoms with E-state index < -0.39 is 28.0 Å². The Kier molecular flexibility index (Phi) is 4.86. The number of halogens is 3. The van der Waals surface area contributed by atoms with Gasteiger partial charge in [-0.05, 0) is 23.8 Å². The molecule has 2 heterocycles. The molecule has 2 aromatic heterocycles. The minimum Gasteiger partial charge on any atom is -0.432 e. The number of fused-ring (bicyclic) bond motifs is 1. The molecule has 26 heavy (non-hydrogen) atoms. The van der Waals surface area contributed by atoms with E-state index in [1.807, 2.05) is 0 Å². The van der Waals surface area contributed by atoms with Crippen LogP contribution in [0, 0.1) is 5.82 Å². The van der Waals surface area contributed by atoms with E-state index in [1.54, 1.807) is 6.07 Å². The lowest BCUT2D eigenvalue weighted by Gasteiger charge is -2.09. The molecule has 1 aromatic carbocycles. The highest BCUT2D eigenvalue weighted by atomic mass is 32.2. The maximum absolute atomic E-state index is 13.6. The minimum atomic E-state index is -3.32. The summed E-state index contributed by atoms with van der Waals surface area (Å²) in [4.78, 5) is 4.19. The smallest absolute Gasteiger partial charge is 0.387 e. The van der Waals surface area contributed by atoms with E-state index in [4.69, 9.17) is 0 Å². The molecule has 0 bridgehead atoms. The normalized spacial score (nSPS) is 12.0. The molecule has 138 valence electrons. The van der Waals surface area contributed by atoms with Crippen LogP contribution >= 0.6 is 0 Å². The van der Waals surface area contributed by atoms with Crippen LogP contribution in [-0.4, -0.2) is 35.5 Å². The third-order valence-corrected chi connectivity index (χ3v) is 5.25. The Morgan fingerprint density at radius 3 is 2.65 bits per heavy atom. The first-order valence-corrected chi connectivity index (χ1v) is 9.38. The molecule has 0 saturated heterocycles. The van der Waals surface area contributed by atoms with Crippen LogP contribution in [0.25, 0.3) is 22.2 Å². The number of pyridine rings is 1. The number of hydrogen-bond acceptors (Lipinski definition) is 5. The summed E-state index contributed by atoms with van der Waals surface area (Å²) in [6.07, 6.45) is 2.89. The van der Waals surface area contributed by atoms with Gasteiger partial charge in [-0.3, -0.25) is 4.98 Å². The third-order valence-electron chi connectivity index (χ3n) is 3.73. The van der Waals surface area contributed by atoms with Crippen molar-refractivity contribution in [3.05, 3.63) is 42.5 Å². The molecule has 0 saturated carbocycles. The van der Waals surface area contributed by atoms with Gasteiger partial charge in [0, 0.05) is 17.5 Å². The van der Waals surface area contributed by atoms with Gasteiger partial charge in [0.2, 0.25) is 0 Å². The van der Waals surface area contributed by atoms with Crippen LogP contribution in [0.2, 0.25) is 0 Å². The summed E-state index contributed by atoms with van der Waals surface area (Å²) >= 11 is 0. The van der Waals surface area contributed by atoms with Crippen molar-refractivity contribution >= 4 is 20.9 Å². The Hall–Kier alpha value is -2.62. The Labute approximate surface area is 147 Å². The van der Waals surface area contributed by atoms with Crippen molar-refractivity contribution in [3.8, 4) is 16.9 Å². The van der Waals surface area contributed by atoms with Gasteiger partial charge >= 0.3 is 6.61 Å². The monoisotopic (exact) mass is 385 g/mol. The average Bonchev–Trinajstić information content (AvgIpc) is 2.98. The predicted molar refractivity (Wildman–Crippen MR) is 89.0 cm³/mol. The summed E-state index contributed by atoms with van der Waals surface area (Å²) in [7, 11) is -3.32. The van der Waals surface area contributed by atoms with E-state index in [9.17, 15) is 21.6 Å². The molecule has 0 spiro atoms. The zero-order chi connectivity index (χ0) is 18.9. The molecular weight excluding hydrogens is 371 g/mol. The quantitative estimate of drug-likeness (QED) is 0.651. The number of benzene rings is 1. The maximum Gasteiger partial charge on any atom is 0.387 e. The second kappa shape index (κ2) is 6.94. The van der Waals surface area contributed by atoms with Crippen molar-refractivity contribution in [1.82, 2.24) is 14.8 Å². The van der Waals surface area contributed by atoms with E-state index in [-0.39, 0.29) is 11.6 Å². The first kappa shape index (κ1) is 18.2. The Morgan fingerprint density at radius 1 is 1.19 bits per heavy atom. The van der Waals surface area contributed by atoms with Crippen LogP contribution in [0.15, 0.2) is 36.7 Å². The Bertz CT molecular complexity index is 1050. The molecule has 0 amide bonds. The van der Waals surface area contributed by atoms with E-state index in [2.05, 4.69) is 14.8 Å². The van der Waals surface area contributed by atoms with Crippen LogP contribution in [0.1, 0.15) is 6.92 Å². The summed E-state index contributed by atoms with van der Waals surface area (Å²) in [6.45, 7) is -1.62. The molecule has 0 aliphatic heterocycles. The standard InChI is InChI=1S/C16H14F3N3O3S/c1-2-26(23,24)9-22-14-5-11(7-20-13(14)8-21-22)10-3-4-12(17)15(6-10)25-16(18)19/h3-8,16H,2,9H2,1H3. The van der Waals surface area contributed by atoms with Gasteiger partial charge in [-0.15, -0.1) is 0 Å². The lowest BCUT2D eigenvalue weighted by atomic mass is 10.1. The molecule has 0 unspecified atom stereocenters. The van der Waals surface area contributed by atoms with Crippen LogP contribution < -0.4 is 4.74 Å². The molecule has 0 fully saturated rings. The largest absolute Gasteiger partial charge is 0.432 e. The number of sulfone groups is 1. The van der Waals surface area contributed by atoms with Crippen LogP contribution in [-0.2, 0) is 15.7 Å². The highest BCUT2D eigenvalue weighted by Crippen LogP contribution is 2.29. The zero-order valence-corrected chi connectivity index (χ0v) is 14.4. The maximum atomic E-state index is 13.6. The second-order valence-electron chi connectivity index (χ2n) is 5.46. The summed E-state index contributed by atoms with van der Waals surface area (Å²) < 4.78 is 67.5. The summed E-state index contributed by atoms with van der Waals surface area (Å²) in [5.74, 6) is -1.84. The van der Waals surface area contributed by atoms with Gasteiger partial charge in [0.15, 0.2) is 21.4 Å². The van der Waals surface area contributed by atoms with Crippen molar-refractivity contribution < 1.29 is 26.3 Å². The molecule has 3 aromatic rings. The number of rotatable bonds is 6. The van der Waals surface area contributed by atoms with E-state index in [1.165, 1.54) is 30.1 Å². The molecule has 0 aliphatic carbocycles. The molecule has 0 N–H and O–H groups in total. The fraction of sp³-hybridized carbons (Fsp3) is 0.250. The highest BCUT2D eigenvalue weighted by molar-refractivity contribution is 7.90. The number of ether oxygens (including phenoxy) is 1. The molecule has 0 radical (unpaired) electrons. The SMILES string of the molecule is CCS(=O)(=O)Cn1ncc2ncc(-c3ccc(F)c(OC(F)F)c3)cc21. The van der Waals surface area contributed by atoms with Crippen LogP contribution in [0.3, 0.4) is 0 Å². The average molecular weight is 385 g/mol. The number of alkyl halides is 2. The Morgan fingerprint density at radius 2 is 1.96 bits per heavy atom. The number of hydrogen-bond donors (Lipinski definition) is 0. The summed E-state index contributed by atoms with van der Waals surface area (Å²) in [5, 5.41) is 4.03. The molecule has 3 rings (SSSR count). The number of aromatic nitrogens is 3. The zero-order valence-electron chi connectivity index (χ0n) is 13.6. The summed E-state index contributed by atoms with van der Waals surface area (Å²) in [6, 6.07) is 5.14. The topological polar surface area (TPSA) is 74.1 Å². The van der Waals surface area contributed by atoms with Gasteiger partial charge in [0.25, 0.3) is 0 Å². The van der Waals surface area contributed by atoms with E-state index >= 15 is 0 Å². The molecule has 0 aliphatic rings. The minimum absolute atomic E-state index is 0.0340. The van der Waals surface area contributed by atoms with Gasteiger partial charge in [-0.25, -0.2) is 17.5 Å². The van der Waals surface area contributed by atoms with Crippen molar-refractivity contribution in [1.29, 1.82) is 0 Å². The number of nitrogens with zero attached hydrogens (tertiary/aromatic N) is 3. The van der Waals surface area contributed by atoms with Gasteiger partial charge in [0.1, 0.15) is 11.4 Å². The second-order valence-corrected chi connectivity index (χ2v) is 7.78. The summed E-state index contributed by atoms with van der Waals surface area (Å²) in [5.41, 5.74) is 1.81. The van der Waals surface area contributed by atoms with Gasteiger partial charge in [-0.1, -0.05) is 13.0 Å². The lowest BCUT2D eigenvalue weighted by Crippen LogP contribution is -2.13. The van der Waals surface area contributed by atoms with Crippen LogP contribution in [0.4, 0.5) is 13.2 Å². The third kappa shape index (κ3) is 3.79. The van der Waals surface area contributed by atoms with Crippen molar-refractivity contribution in [2.24, 2.45) is 0 Å². The predicted octanol–water partition coefficient (Wildman–Crippen LogP) is 3.23. The van der Waals surface area contributed by atoms with Crippen molar-refractivity contribution in [2.75, 3.05) is 5.75 Å². The fourth-order valence-corrected chi connectivity index (χ4v) is 3.13. The molecular formula is C16H14F3N3O3S. The van der Waals surface area contributed by atoms with Gasteiger partial charge in [-0.2, -0.15) is 13.9 Å². The molecule has 0 atom stereocenters. The first-order chi connectivity index (χ1) is 12.3. The van der Waals surface area contributed by atoms with Gasteiger partial charge < -0.3 is 4.74 Å². The molecule has 10 heteroatoms. The van der Waals surface area contributed by atoms with E-state index in [0.717, 1.165) is 12.1 Å². The van der Waals surface area contributed by atoms with Crippen molar-refractivity contribution in [2.45, 2.75) is 19.4 Å².